The third kappa shape index (κ3) is 3.98. The Balaban J connectivity index is 1.59. The van der Waals surface area contributed by atoms with Gasteiger partial charge in [0.25, 0.3) is 0 Å². The molecular formula is C29H24Cl2O9. The fourth-order valence-electron chi connectivity index (χ4n) is 5.84. The van der Waals surface area contributed by atoms with Crippen molar-refractivity contribution in [3.8, 4) is 28.7 Å². The van der Waals surface area contributed by atoms with Gasteiger partial charge < -0.3 is 33.2 Å². The summed E-state index contributed by atoms with van der Waals surface area (Å²) in [4.78, 5) is 26.6. The molecule has 3 aromatic carbocycles. The Kier molecular flexibility index (Phi) is 6.80. The SMILES string of the molecule is COc1c(Cl)c([C@@H]2c3cc4c(cc3[C@@H](OC(=O)c3ccccc3)[C@H]3COC(=O)[C@H]23)OCO4)c(Cl)c(OC)c1OC. The van der Waals surface area contributed by atoms with E-state index >= 15 is 0 Å². The average molecular weight is 587 g/mol. The van der Waals surface area contributed by atoms with Crippen LogP contribution in [0.1, 0.15) is 39.1 Å². The van der Waals surface area contributed by atoms with E-state index in [-0.39, 0.29) is 40.7 Å². The molecule has 3 aromatic rings. The largest absolute Gasteiger partial charge is 0.491 e. The summed E-state index contributed by atoms with van der Waals surface area (Å²) in [5.74, 6) is -1.52. The van der Waals surface area contributed by atoms with Crippen LogP contribution in [0.3, 0.4) is 0 Å². The molecule has 1 saturated heterocycles. The van der Waals surface area contributed by atoms with Crippen LogP contribution < -0.4 is 23.7 Å². The van der Waals surface area contributed by atoms with Crippen LogP contribution in [-0.2, 0) is 14.3 Å². The van der Waals surface area contributed by atoms with Crippen molar-refractivity contribution < 1.29 is 42.7 Å². The molecule has 3 aliphatic rings. The minimum atomic E-state index is -0.829. The summed E-state index contributed by atoms with van der Waals surface area (Å²) in [7, 11) is 4.33. The van der Waals surface area contributed by atoms with E-state index in [1.165, 1.54) is 21.3 Å². The van der Waals surface area contributed by atoms with E-state index in [0.717, 1.165) is 0 Å². The maximum absolute atomic E-state index is 13.4. The first-order valence-electron chi connectivity index (χ1n) is 12.4. The quantitative estimate of drug-likeness (QED) is 0.343. The molecule has 0 aromatic heterocycles. The fraction of sp³-hybridized carbons (Fsp3) is 0.310. The van der Waals surface area contributed by atoms with E-state index in [0.29, 0.717) is 33.8 Å². The van der Waals surface area contributed by atoms with Gasteiger partial charge in [-0.3, -0.25) is 4.79 Å². The number of methoxy groups -OCH3 is 3. The molecule has 0 unspecified atom stereocenters. The molecule has 0 amide bonds. The number of cyclic esters (lactones) is 1. The number of hydrogen-bond donors (Lipinski definition) is 0. The number of rotatable bonds is 6. The highest BCUT2D eigenvalue weighted by atomic mass is 35.5. The van der Waals surface area contributed by atoms with Crippen molar-refractivity contribution in [3.05, 3.63) is 74.8 Å². The third-order valence-electron chi connectivity index (χ3n) is 7.57. The van der Waals surface area contributed by atoms with Gasteiger partial charge in [-0.15, -0.1) is 0 Å². The smallest absolute Gasteiger partial charge is 0.338 e. The van der Waals surface area contributed by atoms with Crippen LogP contribution in [0.2, 0.25) is 10.0 Å². The van der Waals surface area contributed by atoms with Crippen LogP contribution in [-0.4, -0.2) is 46.7 Å². The van der Waals surface area contributed by atoms with Gasteiger partial charge in [0, 0.05) is 23.0 Å². The fourth-order valence-corrected chi connectivity index (χ4v) is 6.63. The molecular weight excluding hydrogens is 563 g/mol. The van der Waals surface area contributed by atoms with E-state index in [1.54, 1.807) is 36.4 Å². The molecule has 4 atom stereocenters. The summed E-state index contributed by atoms with van der Waals surface area (Å²) in [5, 5.41) is 0.300. The van der Waals surface area contributed by atoms with Gasteiger partial charge in [0.05, 0.1) is 49.5 Å². The maximum atomic E-state index is 13.4. The topological polar surface area (TPSA) is 98.8 Å². The molecule has 2 aliphatic heterocycles. The molecule has 1 aliphatic carbocycles. The normalized spacial score (nSPS) is 22.2. The minimum Gasteiger partial charge on any atom is -0.491 e. The van der Waals surface area contributed by atoms with E-state index < -0.39 is 35.8 Å². The molecule has 2 heterocycles. The van der Waals surface area contributed by atoms with E-state index in [9.17, 15) is 9.59 Å². The Hall–Kier alpha value is -3.82. The molecule has 0 N–H and O–H groups in total. The molecule has 6 rings (SSSR count). The van der Waals surface area contributed by atoms with Crippen molar-refractivity contribution in [2.75, 3.05) is 34.7 Å². The average Bonchev–Trinajstić information content (AvgIpc) is 3.59. The first kappa shape index (κ1) is 26.4. The summed E-state index contributed by atoms with van der Waals surface area (Å²) < 4.78 is 39.7. The number of hydrogen-bond acceptors (Lipinski definition) is 9. The van der Waals surface area contributed by atoms with Gasteiger partial charge in [-0.05, 0) is 29.8 Å². The number of halogens is 2. The molecule has 208 valence electrons. The van der Waals surface area contributed by atoms with Crippen molar-refractivity contribution in [3.63, 3.8) is 0 Å². The third-order valence-corrected chi connectivity index (χ3v) is 8.32. The lowest BCUT2D eigenvalue weighted by Crippen LogP contribution is -2.37. The monoisotopic (exact) mass is 586 g/mol. The number of ether oxygens (including phenoxy) is 7. The highest BCUT2D eigenvalue weighted by Gasteiger charge is 2.55. The van der Waals surface area contributed by atoms with Gasteiger partial charge in [-0.2, -0.15) is 0 Å². The number of fused-ring (bicyclic) bond motifs is 3. The zero-order valence-electron chi connectivity index (χ0n) is 21.7. The predicted molar refractivity (Wildman–Crippen MR) is 143 cm³/mol. The molecule has 0 radical (unpaired) electrons. The molecule has 0 saturated carbocycles. The predicted octanol–water partition coefficient (Wildman–Crippen LogP) is 5.58. The Bertz CT molecular complexity index is 1480. The Morgan fingerprint density at radius 1 is 0.850 bits per heavy atom. The highest BCUT2D eigenvalue weighted by molar-refractivity contribution is 6.38. The van der Waals surface area contributed by atoms with Gasteiger partial charge >= 0.3 is 11.9 Å². The van der Waals surface area contributed by atoms with Crippen molar-refractivity contribution in [1.82, 2.24) is 0 Å². The minimum absolute atomic E-state index is 0.0257. The summed E-state index contributed by atoms with van der Waals surface area (Å²) in [5.41, 5.74) is 2.01. The molecule has 11 heteroatoms. The van der Waals surface area contributed by atoms with E-state index in [1.807, 2.05) is 6.07 Å². The lowest BCUT2D eigenvalue weighted by Gasteiger charge is -2.39. The molecule has 40 heavy (non-hydrogen) atoms. The Morgan fingerprint density at radius 3 is 2.05 bits per heavy atom. The Morgan fingerprint density at radius 2 is 1.45 bits per heavy atom. The summed E-state index contributed by atoms with van der Waals surface area (Å²) in [6, 6.07) is 12.2. The van der Waals surface area contributed by atoms with Crippen LogP contribution in [0, 0.1) is 11.8 Å². The lowest BCUT2D eigenvalue weighted by molar-refractivity contribution is -0.141. The molecule has 0 bridgehead atoms. The van der Waals surface area contributed by atoms with Gasteiger partial charge in [0.15, 0.2) is 23.0 Å². The van der Waals surface area contributed by atoms with E-state index in [2.05, 4.69) is 0 Å². The van der Waals surface area contributed by atoms with Gasteiger partial charge in [-0.25, -0.2) is 4.79 Å². The first-order chi connectivity index (χ1) is 19.4. The standard InChI is InChI=1S/C29H24Cl2O9/c1-34-25-22(30)21(23(31)26(35-2)27(25)36-3)19-14-9-17-18(39-12-38-17)10-15(14)24(16-11-37-29(33)20(16)19)40-28(32)13-7-5-4-6-8-13/h4-10,16,19-20,24H,11-12H2,1-3H3/t16-,19+,20-,24+/m0/s1. The van der Waals surface area contributed by atoms with E-state index in [4.69, 9.17) is 56.4 Å². The molecule has 0 spiro atoms. The van der Waals surface area contributed by atoms with Crippen LogP contribution >= 0.6 is 23.2 Å². The van der Waals surface area contributed by atoms with Crippen molar-refractivity contribution in [2.24, 2.45) is 11.8 Å². The zero-order valence-corrected chi connectivity index (χ0v) is 23.2. The van der Waals surface area contributed by atoms with Crippen LogP contribution in [0.15, 0.2) is 42.5 Å². The lowest BCUT2D eigenvalue weighted by atomic mass is 9.66. The maximum Gasteiger partial charge on any atom is 0.338 e. The van der Waals surface area contributed by atoms with Crippen LogP contribution in [0.4, 0.5) is 0 Å². The van der Waals surface area contributed by atoms with Crippen LogP contribution in [0.5, 0.6) is 28.7 Å². The first-order valence-corrected chi connectivity index (χ1v) is 13.2. The van der Waals surface area contributed by atoms with Crippen molar-refractivity contribution >= 4 is 35.1 Å². The van der Waals surface area contributed by atoms with Gasteiger partial charge in [-0.1, -0.05) is 41.4 Å². The highest BCUT2D eigenvalue weighted by Crippen LogP contribution is 2.60. The van der Waals surface area contributed by atoms with Crippen LogP contribution in [0.25, 0.3) is 0 Å². The second-order valence-electron chi connectivity index (χ2n) is 9.47. The second-order valence-corrected chi connectivity index (χ2v) is 10.2. The summed E-state index contributed by atoms with van der Waals surface area (Å²) >= 11 is 13.9. The number of carbonyl (C=O) groups is 2. The number of benzene rings is 3. The number of carbonyl (C=O) groups excluding carboxylic acids is 2. The summed E-state index contributed by atoms with van der Waals surface area (Å²) in [6.07, 6.45) is -0.829. The molecule has 1 fully saturated rings. The zero-order chi connectivity index (χ0) is 28.1. The van der Waals surface area contributed by atoms with Gasteiger partial charge in [0.1, 0.15) is 6.10 Å². The number of esters is 2. The Labute approximate surface area is 239 Å². The van der Waals surface area contributed by atoms with Crippen molar-refractivity contribution in [1.29, 1.82) is 0 Å². The molecule has 9 nitrogen and oxygen atoms in total. The van der Waals surface area contributed by atoms with Gasteiger partial charge in [0.2, 0.25) is 12.5 Å². The summed E-state index contributed by atoms with van der Waals surface area (Å²) in [6.45, 7) is 0.0538. The second kappa shape index (κ2) is 10.3. The van der Waals surface area contributed by atoms with Crippen molar-refractivity contribution in [2.45, 2.75) is 12.0 Å².